The van der Waals surface area contributed by atoms with Crippen molar-refractivity contribution < 1.29 is 9.53 Å². The van der Waals surface area contributed by atoms with Gasteiger partial charge in [0.05, 0.1) is 12.3 Å². The molecule has 2 aromatic rings. The van der Waals surface area contributed by atoms with Gasteiger partial charge in [-0.2, -0.15) is 0 Å². The maximum atomic E-state index is 12.0. The molecule has 4 heteroatoms. The third kappa shape index (κ3) is 3.12. The molecule has 0 saturated heterocycles. The number of amides is 1. The van der Waals surface area contributed by atoms with Crippen LogP contribution in [0.25, 0.3) is 0 Å². The second kappa shape index (κ2) is 7.32. The van der Waals surface area contributed by atoms with Crippen molar-refractivity contribution in [2.45, 2.75) is 32.1 Å². The lowest BCUT2D eigenvalue weighted by Gasteiger charge is -2.30. The average Bonchev–Trinajstić information content (AvgIpc) is 2.85. The highest BCUT2D eigenvalue weighted by Crippen LogP contribution is 2.39. The fourth-order valence-electron chi connectivity index (χ4n) is 4.09. The van der Waals surface area contributed by atoms with E-state index in [9.17, 15) is 4.79 Å². The monoisotopic (exact) mass is 348 g/mol. The van der Waals surface area contributed by atoms with Gasteiger partial charge >= 0.3 is 6.09 Å². The average molecular weight is 348 g/mol. The molecule has 1 aliphatic carbocycles. The number of benzene rings is 1. The van der Waals surface area contributed by atoms with Crippen LogP contribution in [0.3, 0.4) is 0 Å². The van der Waals surface area contributed by atoms with Crippen LogP contribution >= 0.6 is 0 Å². The number of aryl methyl sites for hydroxylation is 2. The second-order valence-electron chi connectivity index (χ2n) is 6.85. The van der Waals surface area contributed by atoms with E-state index in [0.29, 0.717) is 19.7 Å². The van der Waals surface area contributed by atoms with Gasteiger partial charge in [0.1, 0.15) is 0 Å². The molecule has 2 aliphatic rings. The van der Waals surface area contributed by atoms with E-state index in [1.54, 1.807) is 4.90 Å². The number of aromatic nitrogens is 1. The number of nitrogens with zero attached hydrogens (tertiary/aromatic N) is 2. The van der Waals surface area contributed by atoms with E-state index in [4.69, 9.17) is 9.72 Å². The summed E-state index contributed by atoms with van der Waals surface area (Å²) in [5, 5.41) is 0. The molecule has 1 aliphatic heterocycles. The number of rotatable bonds is 2. The summed E-state index contributed by atoms with van der Waals surface area (Å²) < 4.78 is 5.14. The van der Waals surface area contributed by atoms with E-state index < -0.39 is 0 Å². The summed E-state index contributed by atoms with van der Waals surface area (Å²) in [6, 6.07) is 13.0. The Balaban J connectivity index is 1.71. The standard InChI is InChI=1S/C22H24N2O2/c1-2-26-22(25)24-14-11-17(12-15-24)20-19-8-4-3-6-16(19)9-10-18-7-5-13-23-21(18)20/h3-8,11,13,20H,2,9-10,12,14-15H2,1H3. The Kier molecular flexibility index (Phi) is 4.74. The van der Waals surface area contributed by atoms with Crippen molar-refractivity contribution in [2.75, 3.05) is 19.7 Å². The Morgan fingerprint density at radius 1 is 1.15 bits per heavy atom. The van der Waals surface area contributed by atoms with Gasteiger partial charge in [-0.05, 0) is 48.9 Å². The summed E-state index contributed by atoms with van der Waals surface area (Å²) in [6.07, 6.45) is 6.81. The number of fused-ring (bicyclic) bond motifs is 2. The van der Waals surface area contributed by atoms with Crippen LogP contribution in [0.5, 0.6) is 0 Å². The molecule has 0 bridgehead atoms. The lowest BCUT2D eigenvalue weighted by molar-refractivity contribution is 0.110. The van der Waals surface area contributed by atoms with Crippen molar-refractivity contribution in [1.29, 1.82) is 0 Å². The first-order valence-electron chi connectivity index (χ1n) is 9.40. The highest BCUT2D eigenvalue weighted by molar-refractivity contribution is 5.68. The molecule has 0 N–H and O–H groups in total. The van der Waals surface area contributed by atoms with Crippen LogP contribution < -0.4 is 0 Å². The van der Waals surface area contributed by atoms with Crippen LogP contribution in [0.2, 0.25) is 0 Å². The Labute approximate surface area is 154 Å². The summed E-state index contributed by atoms with van der Waals surface area (Å²) >= 11 is 0. The Morgan fingerprint density at radius 3 is 2.77 bits per heavy atom. The van der Waals surface area contributed by atoms with Crippen LogP contribution in [0.4, 0.5) is 4.79 Å². The lowest BCUT2D eigenvalue weighted by Crippen LogP contribution is -2.36. The number of carbonyl (C=O) groups excluding carboxylic acids is 1. The van der Waals surface area contributed by atoms with Crippen LogP contribution in [0, 0.1) is 0 Å². The quantitative estimate of drug-likeness (QED) is 0.767. The zero-order valence-corrected chi connectivity index (χ0v) is 15.1. The smallest absolute Gasteiger partial charge is 0.410 e. The van der Waals surface area contributed by atoms with Gasteiger partial charge in [0.15, 0.2) is 0 Å². The molecule has 1 aromatic carbocycles. The molecule has 134 valence electrons. The number of ether oxygens (including phenoxy) is 1. The fourth-order valence-corrected chi connectivity index (χ4v) is 4.09. The third-order valence-electron chi connectivity index (χ3n) is 5.37. The number of hydrogen-bond acceptors (Lipinski definition) is 3. The molecule has 0 spiro atoms. The second-order valence-corrected chi connectivity index (χ2v) is 6.85. The molecule has 26 heavy (non-hydrogen) atoms. The Morgan fingerprint density at radius 2 is 1.96 bits per heavy atom. The van der Waals surface area contributed by atoms with E-state index in [1.165, 1.54) is 28.0 Å². The summed E-state index contributed by atoms with van der Waals surface area (Å²) in [5.74, 6) is 0.189. The molecular weight excluding hydrogens is 324 g/mol. The first kappa shape index (κ1) is 16.8. The van der Waals surface area contributed by atoms with Gasteiger partial charge in [-0.1, -0.05) is 42.0 Å². The highest BCUT2D eigenvalue weighted by Gasteiger charge is 2.30. The predicted molar refractivity (Wildman–Crippen MR) is 101 cm³/mol. The molecule has 1 unspecified atom stereocenters. The summed E-state index contributed by atoms with van der Waals surface area (Å²) in [4.78, 5) is 18.5. The molecule has 2 heterocycles. The molecule has 1 atom stereocenters. The molecule has 1 aromatic heterocycles. The van der Waals surface area contributed by atoms with Crippen molar-refractivity contribution in [3.8, 4) is 0 Å². The van der Waals surface area contributed by atoms with Gasteiger partial charge in [-0.15, -0.1) is 0 Å². The largest absolute Gasteiger partial charge is 0.450 e. The van der Waals surface area contributed by atoms with E-state index in [2.05, 4.69) is 36.4 Å². The lowest BCUT2D eigenvalue weighted by atomic mass is 9.82. The minimum atomic E-state index is -0.220. The van der Waals surface area contributed by atoms with Crippen molar-refractivity contribution in [3.63, 3.8) is 0 Å². The minimum absolute atomic E-state index is 0.189. The van der Waals surface area contributed by atoms with Gasteiger partial charge in [-0.3, -0.25) is 4.98 Å². The molecule has 1 amide bonds. The zero-order chi connectivity index (χ0) is 17.9. The van der Waals surface area contributed by atoms with E-state index in [-0.39, 0.29) is 12.0 Å². The number of hydrogen-bond donors (Lipinski definition) is 0. The van der Waals surface area contributed by atoms with Crippen molar-refractivity contribution in [3.05, 3.63) is 76.6 Å². The summed E-state index contributed by atoms with van der Waals surface area (Å²) in [7, 11) is 0. The van der Waals surface area contributed by atoms with Crippen molar-refractivity contribution >= 4 is 6.09 Å². The van der Waals surface area contributed by atoms with Crippen molar-refractivity contribution in [2.24, 2.45) is 0 Å². The minimum Gasteiger partial charge on any atom is -0.450 e. The van der Waals surface area contributed by atoms with Crippen molar-refractivity contribution in [1.82, 2.24) is 9.88 Å². The predicted octanol–water partition coefficient (Wildman–Crippen LogP) is 4.10. The van der Waals surface area contributed by atoms with Gasteiger partial charge in [0.25, 0.3) is 0 Å². The fraction of sp³-hybridized carbons (Fsp3) is 0.364. The third-order valence-corrected chi connectivity index (χ3v) is 5.37. The van der Waals surface area contributed by atoms with Crippen LogP contribution in [-0.4, -0.2) is 35.7 Å². The van der Waals surface area contributed by atoms with E-state index >= 15 is 0 Å². The number of carbonyl (C=O) groups is 1. The normalized spacial score (nSPS) is 19.0. The molecule has 4 rings (SSSR count). The van der Waals surface area contributed by atoms with E-state index in [1.807, 2.05) is 19.2 Å². The van der Waals surface area contributed by atoms with E-state index in [0.717, 1.165) is 19.3 Å². The molecule has 4 nitrogen and oxygen atoms in total. The molecular formula is C22H24N2O2. The maximum absolute atomic E-state index is 12.0. The van der Waals surface area contributed by atoms with Crippen LogP contribution in [0.1, 0.15) is 41.6 Å². The Hall–Kier alpha value is -2.62. The van der Waals surface area contributed by atoms with Gasteiger partial charge in [-0.25, -0.2) is 4.79 Å². The summed E-state index contributed by atoms with van der Waals surface area (Å²) in [6.45, 7) is 3.56. The SMILES string of the molecule is CCOC(=O)N1CC=C(C2c3ccccc3CCc3cccnc32)CC1. The van der Waals surface area contributed by atoms with Gasteiger partial charge in [0, 0.05) is 25.2 Å². The van der Waals surface area contributed by atoms with Crippen LogP contribution in [0.15, 0.2) is 54.2 Å². The maximum Gasteiger partial charge on any atom is 0.410 e. The van der Waals surface area contributed by atoms with Gasteiger partial charge in [0.2, 0.25) is 0 Å². The molecule has 0 fully saturated rings. The highest BCUT2D eigenvalue weighted by atomic mass is 16.6. The topological polar surface area (TPSA) is 42.4 Å². The summed E-state index contributed by atoms with van der Waals surface area (Å²) in [5.41, 5.74) is 6.64. The Bertz CT molecular complexity index is 796. The molecule has 0 saturated carbocycles. The first-order valence-corrected chi connectivity index (χ1v) is 9.40. The number of pyridine rings is 1. The van der Waals surface area contributed by atoms with Gasteiger partial charge < -0.3 is 9.64 Å². The molecule has 0 radical (unpaired) electrons. The first-order chi connectivity index (χ1) is 12.8. The zero-order valence-electron chi connectivity index (χ0n) is 15.1. The van der Waals surface area contributed by atoms with Crippen LogP contribution in [-0.2, 0) is 17.6 Å².